The van der Waals surface area contributed by atoms with Crippen LogP contribution in [-0.2, 0) is 4.74 Å². The Balaban J connectivity index is 1.50. The van der Waals surface area contributed by atoms with Crippen LogP contribution in [0.1, 0.15) is 32.6 Å². The number of ether oxygens (including phenoxy) is 2. The third kappa shape index (κ3) is 4.78. The lowest BCUT2D eigenvalue weighted by molar-refractivity contribution is 0.0929. The van der Waals surface area contributed by atoms with Crippen molar-refractivity contribution in [2.45, 2.75) is 38.7 Å². The highest BCUT2D eigenvalue weighted by Crippen LogP contribution is 2.18. The average Bonchev–Trinajstić information content (AvgIpc) is 2.98. The summed E-state index contributed by atoms with van der Waals surface area (Å²) < 4.78 is 11.2. The van der Waals surface area contributed by atoms with Crippen LogP contribution in [0.4, 0.5) is 5.95 Å². The summed E-state index contributed by atoms with van der Waals surface area (Å²) in [6.07, 6.45) is 7.04. The molecule has 128 valence electrons. The van der Waals surface area contributed by atoms with Crippen LogP contribution in [-0.4, -0.2) is 66.9 Å². The van der Waals surface area contributed by atoms with E-state index in [2.05, 4.69) is 19.8 Å². The van der Waals surface area contributed by atoms with Gasteiger partial charge in [-0.2, -0.15) is 4.98 Å². The van der Waals surface area contributed by atoms with E-state index in [4.69, 9.17) is 9.47 Å². The standard InChI is InChI=1S/C17H28N4O2/c1-2-22-16-6-8-18-17(19-16)21-10-4-9-20(12-13-21)11-7-15-5-3-14-23-15/h6,8,15H,2-5,7,9-14H2,1H3/t15-/m0/s1. The fraction of sp³-hybridized carbons (Fsp3) is 0.765. The van der Waals surface area contributed by atoms with Gasteiger partial charge in [0.05, 0.1) is 12.7 Å². The molecule has 23 heavy (non-hydrogen) atoms. The minimum atomic E-state index is 0.487. The van der Waals surface area contributed by atoms with E-state index in [1.54, 1.807) is 6.20 Å². The SMILES string of the molecule is CCOc1ccnc(N2CCCN(CC[C@@H]3CCCO3)CC2)n1. The first-order valence-electron chi connectivity index (χ1n) is 8.90. The Morgan fingerprint density at radius 2 is 2.22 bits per heavy atom. The molecule has 6 nitrogen and oxygen atoms in total. The molecule has 0 unspecified atom stereocenters. The van der Waals surface area contributed by atoms with E-state index in [0.717, 1.165) is 58.1 Å². The zero-order chi connectivity index (χ0) is 15.9. The highest BCUT2D eigenvalue weighted by molar-refractivity contribution is 5.32. The van der Waals surface area contributed by atoms with Crippen LogP contribution >= 0.6 is 0 Å². The molecule has 0 N–H and O–H groups in total. The van der Waals surface area contributed by atoms with Gasteiger partial charge >= 0.3 is 0 Å². The van der Waals surface area contributed by atoms with Crippen LogP contribution in [0.15, 0.2) is 12.3 Å². The second-order valence-corrected chi connectivity index (χ2v) is 6.23. The van der Waals surface area contributed by atoms with Crippen molar-refractivity contribution in [3.63, 3.8) is 0 Å². The van der Waals surface area contributed by atoms with Gasteiger partial charge in [-0.1, -0.05) is 0 Å². The van der Waals surface area contributed by atoms with Crippen molar-refractivity contribution in [3.8, 4) is 5.88 Å². The molecule has 2 aliphatic heterocycles. The smallest absolute Gasteiger partial charge is 0.228 e. The van der Waals surface area contributed by atoms with Gasteiger partial charge in [0.15, 0.2) is 0 Å². The van der Waals surface area contributed by atoms with E-state index >= 15 is 0 Å². The fourth-order valence-electron chi connectivity index (χ4n) is 3.31. The predicted molar refractivity (Wildman–Crippen MR) is 90.1 cm³/mol. The van der Waals surface area contributed by atoms with Gasteiger partial charge in [-0.3, -0.25) is 0 Å². The van der Waals surface area contributed by atoms with Gasteiger partial charge < -0.3 is 19.3 Å². The lowest BCUT2D eigenvalue weighted by Gasteiger charge is -2.23. The molecule has 2 aliphatic rings. The minimum absolute atomic E-state index is 0.487. The topological polar surface area (TPSA) is 50.7 Å². The van der Waals surface area contributed by atoms with E-state index in [-0.39, 0.29) is 0 Å². The van der Waals surface area contributed by atoms with Gasteiger partial charge in [0.25, 0.3) is 0 Å². The van der Waals surface area contributed by atoms with E-state index < -0.39 is 0 Å². The third-order valence-corrected chi connectivity index (χ3v) is 4.57. The van der Waals surface area contributed by atoms with Crippen molar-refractivity contribution < 1.29 is 9.47 Å². The van der Waals surface area contributed by atoms with Crippen molar-refractivity contribution in [3.05, 3.63) is 12.3 Å². The number of aromatic nitrogens is 2. The summed E-state index contributed by atoms with van der Waals surface area (Å²) in [5.41, 5.74) is 0. The first kappa shape index (κ1) is 16.5. The number of rotatable bonds is 6. The maximum absolute atomic E-state index is 5.73. The van der Waals surface area contributed by atoms with Crippen molar-refractivity contribution in [1.82, 2.24) is 14.9 Å². The molecule has 6 heteroatoms. The van der Waals surface area contributed by atoms with E-state index in [9.17, 15) is 0 Å². The number of hydrogen-bond acceptors (Lipinski definition) is 6. The van der Waals surface area contributed by atoms with Gasteiger partial charge in [0.1, 0.15) is 0 Å². The van der Waals surface area contributed by atoms with E-state index in [1.165, 1.54) is 12.8 Å². The fourth-order valence-corrected chi connectivity index (χ4v) is 3.31. The summed E-state index contributed by atoms with van der Waals surface area (Å²) in [6.45, 7) is 8.88. The highest BCUT2D eigenvalue weighted by Gasteiger charge is 2.20. The molecule has 0 aromatic carbocycles. The van der Waals surface area contributed by atoms with Gasteiger partial charge in [0.2, 0.25) is 11.8 Å². The van der Waals surface area contributed by atoms with Crippen molar-refractivity contribution >= 4 is 5.95 Å². The van der Waals surface area contributed by atoms with E-state index in [0.29, 0.717) is 18.6 Å². The highest BCUT2D eigenvalue weighted by atomic mass is 16.5. The van der Waals surface area contributed by atoms with E-state index in [1.807, 2.05) is 13.0 Å². The average molecular weight is 320 g/mol. The second kappa shape index (κ2) is 8.45. The van der Waals surface area contributed by atoms with Crippen LogP contribution in [0.25, 0.3) is 0 Å². The summed E-state index contributed by atoms with van der Waals surface area (Å²) in [7, 11) is 0. The van der Waals surface area contributed by atoms with Crippen LogP contribution < -0.4 is 9.64 Å². The molecule has 1 aromatic heterocycles. The molecule has 3 heterocycles. The van der Waals surface area contributed by atoms with Gasteiger partial charge in [0, 0.05) is 45.0 Å². The number of hydrogen-bond donors (Lipinski definition) is 0. The van der Waals surface area contributed by atoms with Crippen LogP contribution in [0.2, 0.25) is 0 Å². The normalized spacial score (nSPS) is 23.0. The summed E-state index contributed by atoms with van der Waals surface area (Å²) in [5.74, 6) is 1.45. The first-order chi connectivity index (χ1) is 11.3. The van der Waals surface area contributed by atoms with Crippen molar-refractivity contribution in [2.75, 3.05) is 50.8 Å². The summed E-state index contributed by atoms with van der Waals surface area (Å²) in [5, 5.41) is 0. The Kier molecular flexibility index (Phi) is 6.05. The summed E-state index contributed by atoms with van der Waals surface area (Å²) >= 11 is 0. The van der Waals surface area contributed by atoms with Gasteiger partial charge in [-0.15, -0.1) is 0 Å². The van der Waals surface area contributed by atoms with Crippen molar-refractivity contribution in [1.29, 1.82) is 0 Å². The Bertz CT molecular complexity index is 479. The maximum atomic E-state index is 5.73. The largest absolute Gasteiger partial charge is 0.478 e. The zero-order valence-electron chi connectivity index (χ0n) is 14.1. The third-order valence-electron chi connectivity index (χ3n) is 4.57. The first-order valence-corrected chi connectivity index (χ1v) is 8.90. The molecule has 3 rings (SSSR count). The van der Waals surface area contributed by atoms with Crippen LogP contribution in [0.3, 0.4) is 0 Å². The molecule has 2 fully saturated rings. The second-order valence-electron chi connectivity index (χ2n) is 6.23. The summed E-state index contributed by atoms with van der Waals surface area (Å²) in [4.78, 5) is 13.8. The Hall–Kier alpha value is -1.40. The lowest BCUT2D eigenvalue weighted by atomic mass is 10.2. The van der Waals surface area contributed by atoms with Crippen LogP contribution in [0, 0.1) is 0 Å². The molecular formula is C17H28N4O2. The molecular weight excluding hydrogens is 292 g/mol. The zero-order valence-corrected chi connectivity index (χ0v) is 14.1. The molecule has 0 radical (unpaired) electrons. The molecule has 0 saturated carbocycles. The molecule has 1 aromatic rings. The lowest BCUT2D eigenvalue weighted by Crippen LogP contribution is -2.33. The quantitative estimate of drug-likeness (QED) is 0.798. The Labute approximate surface area is 138 Å². The monoisotopic (exact) mass is 320 g/mol. The Morgan fingerprint density at radius 1 is 1.26 bits per heavy atom. The maximum Gasteiger partial charge on any atom is 0.228 e. The van der Waals surface area contributed by atoms with Crippen LogP contribution in [0.5, 0.6) is 5.88 Å². The molecule has 2 saturated heterocycles. The minimum Gasteiger partial charge on any atom is -0.478 e. The van der Waals surface area contributed by atoms with Gasteiger partial charge in [-0.05, 0) is 39.2 Å². The predicted octanol–water partition coefficient (Wildman–Crippen LogP) is 1.96. The molecule has 0 amide bonds. The van der Waals surface area contributed by atoms with Crippen molar-refractivity contribution in [2.24, 2.45) is 0 Å². The number of nitrogens with zero attached hydrogens (tertiary/aromatic N) is 4. The number of anilines is 1. The Morgan fingerprint density at radius 3 is 3.04 bits per heavy atom. The van der Waals surface area contributed by atoms with Gasteiger partial charge in [-0.25, -0.2) is 4.98 Å². The molecule has 0 aliphatic carbocycles. The molecule has 0 spiro atoms. The summed E-state index contributed by atoms with van der Waals surface area (Å²) in [6, 6.07) is 1.82. The molecule has 0 bridgehead atoms. The molecule has 1 atom stereocenters.